The fraction of sp³-hybridized carbons (Fsp3) is 0.176. The highest BCUT2D eigenvalue weighted by Crippen LogP contribution is 2.28. The maximum Gasteiger partial charge on any atom is 0.238 e. The van der Waals surface area contributed by atoms with Crippen LogP contribution in [0.4, 0.5) is 5.13 Å². The normalized spacial score (nSPS) is 11.4. The zero-order valence-corrected chi connectivity index (χ0v) is 16.0. The molecule has 5 nitrogen and oxygen atoms in total. The van der Waals surface area contributed by atoms with Crippen molar-refractivity contribution in [3.05, 3.63) is 71.3 Å². The van der Waals surface area contributed by atoms with Gasteiger partial charge in [0.05, 0.1) is 5.75 Å². The highest BCUT2D eigenvalue weighted by molar-refractivity contribution is 8.00. The lowest BCUT2D eigenvalue weighted by atomic mass is 10.2. The Balaban J connectivity index is 1.59. The fourth-order valence-corrected chi connectivity index (χ4v) is 5.22. The summed E-state index contributed by atoms with van der Waals surface area (Å²) < 4.78 is 27.8. The molecule has 8 heteroatoms. The second kappa shape index (κ2) is 7.99. The third kappa shape index (κ3) is 5.55. The van der Waals surface area contributed by atoms with E-state index in [1.807, 2.05) is 61.5 Å². The average Bonchev–Trinajstić information content (AvgIpc) is 3.02. The summed E-state index contributed by atoms with van der Waals surface area (Å²) in [6, 6.07) is 17.5. The van der Waals surface area contributed by atoms with Gasteiger partial charge in [0.2, 0.25) is 15.2 Å². The summed E-state index contributed by atoms with van der Waals surface area (Å²) in [5, 5.41) is 8.26. The molecule has 0 radical (unpaired) electrons. The second-order valence-corrected chi connectivity index (χ2v) is 9.42. The van der Waals surface area contributed by atoms with Gasteiger partial charge in [0.15, 0.2) is 4.34 Å². The standard InChI is InChI=1S/C17H17N3O2S3/c1-13-7-9-15(10-8-13)12-25(21,22)20-16-18-19-17(24-16)23-11-14-5-3-2-4-6-14/h2-10H,11-12H2,1H3,(H,18,20). The number of rotatable bonds is 7. The molecule has 1 heterocycles. The van der Waals surface area contributed by atoms with Crippen LogP contribution in [0.15, 0.2) is 58.9 Å². The Morgan fingerprint density at radius 1 is 1.00 bits per heavy atom. The van der Waals surface area contributed by atoms with Gasteiger partial charge in [0.25, 0.3) is 0 Å². The molecule has 0 aliphatic rings. The molecule has 0 bridgehead atoms. The van der Waals surface area contributed by atoms with Gasteiger partial charge < -0.3 is 0 Å². The van der Waals surface area contributed by atoms with Crippen molar-refractivity contribution in [2.45, 2.75) is 22.8 Å². The van der Waals surface area contributed by atoms with Crippen LogP contribution in [0, 0.1) is 6.92 Å². The molecule has 0 fully saturated rings. The molecule has 0 spiro atoms. The van der Waals surface area contributed by atoms with Gasteiger partial charge in [-0.2, -0.15) is 0 Å². The van der Waals surface area contributed by atoms with Gasteiger partial charge in [0, 0.05) is 5.75 Å². The molecule has 3 aromatic rings. The smallest absolute Gasteiger partial charge is 0.238 e. The molecule has 1 N–H and O–H groups in total. The molecular formula is C17H17N3O2S3. The van der Waals surface area contributed by atoms with Crippen molar-refractivity contribution >= 4 is 38.3 Å². The first-order chi connectivity index (χ1) is 12.0. The molecule has 0 atom stereocenters. The van der Waals surface area contributed by atoms with Crippen LogP contribution in [0.5, 0.6) is 0 Å². The van der Waals surface area contributed by atoms with Crippen molar-refractivity contribution in [3.63, 3.8) is 0 Å². The van der Waals surface area contributed by atoms with E-state index in [2.05, 4.69) is 14.9 Å². The van der Waals surface area contributed by atoms with E-state index in [0.717, 1.165) is 21.2 Å². The predicted molar refractivity (Wildman–Crippen MR) is 103 cm³/mol. The van der Waals surface area contributed by atoms with Crippen molar-refractivity contribution in [2.75, 3.05) is 4.72 Å². The minimum absolute atomic E-state index is 0.0840. The first-order valence-electron chi connectivity index (χ1n) is 7.56. The van der Waals surface area contributed by atoms with Crippen LogP contribution in [0.3, 0.4) is 0 Å². The van der Waals surface area contributed by atoms with E-state index >= 15 is 0 Å². The first-order valence-corrected chi connectivity index (χ1v) is 11.0. The summed E-state index contributed by atoms with van der Waals surface area (Å²) in [6.45, 7) is 1.96. The number of benzene rings is 2. The second-order valence-electron chi connectivity index (χ2n) is 5.49. The molecule has 1 aromatic heterocycles. The van der Waals surface area contributed by atoms with Crippen LogP contribution in [0.25, 0.3) is 0 Å². The largest absolute Gasteiger partial charge is 0.257 e. The zero-order valence-electron chi connectivity index (χ0n) is 13.5. The third-order valence-corrected chi connectivity index (χ3v) is 6.72. The Morgan fingerprint density at radius 3 is 2.44 bits per heavy atom. The van der Waals surface area contributed by atoms with E-state index in [0.29, 0.717) is 5.13 Å². The van der Waals surface area contributed by atoms with Gasteiger partial charge in [-0.05, 0) is 18.1 Å². The van der Waals surface area contributed by atoms with E-state index in [1.54, 1.807) is 0 Å². The van der Waals surface area contributed by atoms with Crippen LogP contribution in [0.1, 0.15) is 16.7 Å². The number of sulfonamides is 1. The number of aryl methyl sites for hydroxylation is 1. The van der Waals surface area contributed by atoms with Gasteiger partial charge in [-0.3, -0.25) is 4.72 Å². The molecular weight excluding hydrogens is 374 g/mol. The number of hydrogen-bond acceptors (Lipinski definition) is 6. The van der Waals surface area contributed by atoms with Crippen molar-refractivity contribution in [2.24, 2.45) is 0 Å². The predicted octanol–water partition coefficient (Wildman–Crippen LogP) is 4.08. The maximum atomic E-state index is 12.3. The number of aromatic nitrogens is 2. The van der Waals surface area contributed by atoms with Crippen LogP contribution < -0.4 is 4.72 Å². The highest BCUT2D eigenvalue weighted by Gasteiger charge is 2.15. The maximum absolute atomic E-state index is 12.3. The Labute approximate surface area is 155 Å². The summed E-state index contributed by atoms with van der Waals surface area (Å²) in [5.74, 6) is 0.685. The van der Waals surface area contributed by atoms with Crippen molar-refractivity contribution in [1.82, 2.24) is 10.2 Å². The molecule has 0 aliphatic carbocycles. The lowest BCUT2D eigenvalue weighted by Gasteiger charge is -2.05. The highest BCUT2D eigenvalue weighted by atomic mass is 32.2. The Bertz CT molecular complexity index is 923. The number of nitrogens with zero attached hydrogens (tertiary/aromatic N) is 2. The summed E-state index contributed by atoms with van der Waals surface area (Å²) in [5.41, 5.74) is 3.02. The first kappa shape index (κ1) is 17.9. The van der Waals surface area contributed by atoms with Crippen LogP contribution >= 0.6 is 23.1 Å². The molecule has 3 rings (SSSR count). The zero-order chi connectivity index (χ0) is 17.7. The number of thioether (sulfide) groups is 1. The fourth-order valence-electron chi connectivity index (χ4n) is 2.10. The topological polar surface area (TPSA) is 72.0 Å². The van der Waals surface area contributed by atoms with E-state index in [1.165, 1.54) is 28.7 Å². The number of anilines is 1. The van der Waals surface area contributed by atoms with Gasteiger partial charge in [0.1, 0.15) is 0 Å². The van der Waals surface area contributed by atoms with E-state index in [9.17, 15) is 8.42 Å². The van der Waals surface area contributed by atoms with Crippen LogP contribution in [-0.2, 0) is 21.5 Å². The summed E-state index contributed by atoms with van der Waals surface area (Å²) in [4.78, 5) is 0. The number of nitrogens with one attached hydrogen (secondary N) is 1. The molecule has 0 amide bonds. The molecule has 2 aromatic carbocycles. The Morgan fingerprint density at radius 2 is 1.72 bits per heavy atom. The number of hydrogen-bond donors (Lipinski definition) is 1. The summed E-state index contributed by atoms with van der Waals surface area (Å²) in [7, 11) is -3.51. The summed E-state index contributed by atoms with van der Waals surface area (Å²) in [6.07, 6.45) is 0. The Hall–Kier alpha value is -1.90. The van der Waals surface area contributed by atoms with Crippen molar-refractivity contribution in [1.29, 1.82) is 0 Å². The van der Waals surface area contributed by atoms with Crippen LogP contribution in [-0.4, -0.2) is 18.6 Å². The minimum Gasteiger partial charge on any atom is -0.257 e. The van der Waals surface area contributed by atoms with E-state index in [-0.39, 0.29) is 5.75 Å². The van der Waals surface area contributed by atoms with E-state index < -0.39 is 10.0 Å². The SMILES string of the molecule is Cc1ccc(CS(=O)(=O)Nc2nnc(SCc3ccccc3)s2)cc1. The molecule has 130 valence electrons. The van der Waals surface area contributed by atoms with Crippen molar-refractivity contribution in [3.8, 4) is 0 Å². The van der Waals surface area contributed by atoms with Gasteiger partial charge >= 0.3 is 0 Å². The lowest BCUT2D eigenvalue weighted by Crippen LogP contribution is -2.14. The Kier molecular flexibility index (Phi) is 5.72. The van der Waals surface area contributed by atoms with E-state index in [4.69, 9.17) is 0 Å². The van der Waals surface area contributed by atoms with Crippen molar-refractivity contribution < 1.29 is 8.42 Å². The molecule has 25 heavy (non-hydrogen) atoms. The third-order valence-electron chi connectivity index (χ3n) is 3.33. The average molecular weight is 392 g/mol. The molecule has 0 unspecified atom stereocenters. The minimum atomic E-state index is -3.51. The molecule has 0 aliphatic heterocycles. The van der Waals surface area contributed by atoms with Gasteiger partial charge in [-0.15, -0.1) is 10.2 Å². The quantitative estimate of drug-likeness (QED) is 0.615. The molecule has 0 saturated carbocycles. The van der Waals surface area contributed by atoms with Gasteiger partial charge in [-0.1, -0.05) is 83.3 Å². The lowest BCUT2D eigenvalue weighted by molar-refractivity contribution is 0.600. The van der Waals surface area contributed by atoms with Gasteiger partial charge in [-0.25, -0.2) is 8.42 Å². The van der Waals surface area contributed by atoms with Crippen LogP contribution in [0.2, 0.25) is 0 Å². The summed E-state index contributed by atoms with van der Waals surface area (Å²) >= 11 is 2.78. The molecule has 0 saturated heterocycles. The monoisotopic (exact) mass is 391 g/mol.